The minimum atomic E-state index is -4.60. The summed E-state index contributed by atoms with van der Waals surface area (Å²) in [7, 11) is -4.60. The summed E-state index contributed by atoms with van der Waals surface area (Å²) < 4.78 is 37.6. The number of hydrogen-bond donors (Lipinski definition) is 1. The zero-order valence-electron chi connectivity index (χ0n) is 3.67. The molecule has 0 aliphatic carbocycles. The number of rotatable bonds is 1. The van der Waals surface area contributed by atoms with E-state index < -0.39 is 15.3 Å². The molecule has 0 aromatic rings. The lowest BCUT2D eigenvalue weighted by Crippen LogP contribution is -1.93. The van der Waals surface area contributed by atoms with Crippen LogP contribution in [0.15, 0.2) is 11.7 Å². The summed E-state index contributed by atoms with van der Waals surface area (Å²) in [5, 5.41) is -1.73. The molecule has 1 N–H and O–H groups in total. The largest absolute Gasteiger partial charge is 0.321 e. The molecule has 0 aliphatic heterocycles. The molecular weight excluding hydrogens is 142 g/mol. The first-order valence-electron chi connectivity index (χ1n) is 1.26. The van der Waals surface area contributed by atoms with Crippen LogP contribution in [0.3, 0.4) is 0 Å². The molecule has 0 aliphatic rings. The van der Waals surface area contributed by atoms with Gasteiger partial charge in [0, 0.05) is 0 Å². The molecule has 0 saturated carbocycles. The average molecular weight is 146 g/mol. The van der Waals surface area contributed by atoms with Gasteiger partial charge in [0.1, 0.15) is 0 Å². The molecule has 3 nitrogen and oxygen atoms in total. The van der Waals surface area contributed by atoms with Crippen molar-refractivity contribution in [1.82, 2.24) is 0 Å². The lowest BCUT2D eigenvalue weighted by atomic mass is 11.2. The highest BCUT2D eigenvalue weighted by molar-refractivity contribution is 7.89. The molecule has 0 heterocycles. The lowest BCUT2D eigenvalue weighted by molar-refractivity contribution is 0.474. The van der Waals surface area contributed by atoms with Crippen LogP contribution >= 0.6 is 0 Å². The van der Waals surface area contributed by atoms with E-state index in [4.69, 9.17) is 4.55 Å². The van der Waals surface area contributed by atoms with Crippen molar-refractivity contribution >= 4 is 10.1 Å². The third-order valence-corrected chi connectivity index (χ3v) is 0.840. The quantitative estimate of drug-likeness (QED) is 0.547. The molecule has 0 bridgehead atoms. The molecule has 0 atom stereocenters. The maximum Gasteiger partial charge on any atom is 0.321 e. The topological polar surface area (TPSA) is 54.4 Å². The highest BCUT2D eigenvalue weighted by Crippen LogP contribution is 1.98. The Morgan fingerprint density at radius 3 is 1.75 bits per heavy atom. The van der Waals surface area contributed by atoms with Crippen molar-refractivity contribution < 1.29 is 22.1 Å². The minimum Gasteiger partial charge on any atom is -0.280 e. The first kappa shape index (κ1) is 10.5. The molecule has 0 unspecified atom stereocenters. The second-order valence-electron chi connectivity index (χ2n) is 0.830. The SMILES string of the molecule is C=C(F)S(=O)(=O)O.F. The van der Waals surface area contributed by atoms with Gasteiger partial charge in [0.25, 0.3) is 0 Å². The van der Waals surface area contributed by atoms with E-state index in [1.165, 1.54) is 0 Å². The van der Waals surface area contributed by atoms with Gasteiger partial charge in [0.15, 0.2) is 0 Å². The van der Waals surface area contributed by atoms with Crippen LogP contribution in [-0.4, -0.2) is 13.0 Å². The first-order valence-corrected chi connectivity index (χ1v) is 2.70. The Bertz CT molecular complexity index is 170. The van der Waals surface area contributed by atoms with Gasteiger partial charge in [-0.25, -0.2) is 0 Å². The summed E-state index contributed by atoms with van der Waals surface area (Å²) in [6.07, 6.45) is 0. The van der Waals surface area contributed by atoms with Crippen molar-refractivity contribution in [2.75, 3.05) is 0 Å². The van der Waals surface area contributed by atoms with Crippen molar-refractivity contribution in [3.8, 4) is 0 Å². The van der Waals surface area contributed by atoms with E-state index in [1.807, 2.05) is 0 Å². The van der Waals surface area contributed by atoms with Crippen molar-refractivity contribution in [3.05, 3.63) is 11.7 Å². The van der Waals surface area contributed by atoms with Crippen molar-refractivity contribution in [1.29, 1.82) is 0 Å². The molecule has 0 fully saturated rings. The number of hydrogen-bond acceptors (Lipinski definition) is 2. The summed E-state index contributed by atoms with van der Waals surface area (Å²) >= 11 is 0. The van der Waals surface area contributed by atoms with Crippen LogP contribution in [-0.2, 0) is 10.1 Å². The molecule has 0 rings (SSSR count). The predicted molar refractivity (Wildman–Crippen MR) is 24.3 cm³/mol. The average Bonchev–Trinajstić information content (AvgIpc) is 1.31. The maximum atomic E-state index is 11.2. The molecule has 6 heteroatoms. The molecular formula is C2H4F2O3S. The van der Waals surface area contributed by atoms with Gasteiger partial charge in [-0.2, -0.15) is 12.8 Å². The van der Waals surface area contributed by atoms with Gasteiger partial charge < -0.3 is 0 Å². The Hall–Kier alpha value is -0.490. The highest BCUT2D eigenvalue weighted by atomic mass is 32.2. The maximum absolute atomic E-state index is 11.2. The molecule has 0 radical (unpaired) electrons. The second kappa shape index (κ2) is 2.73. The fourth-order valence-corrected chi connectivity index (χ4v) is 0. The van der Waals surface area contributed by atoms with Crippen molar-refractivity contribution in [2.45, 2.75) is 0 Å². The van der Waals surface area contributed by atoms with Gasteiger partial charge >= 0.3 is 10.1 Å². The highest BCUT2D eigenvalue weighted by Gasteiger charge is 2.06. The molecule has 0 aromatic heterocycles. The fourth-order valence-electron chi connectivity index (χ4n) is 0. The van der Waals surface area contributed by atoms with E-state index in [0.29, 0.717) is 0 Å². The molecule has 8 heavy (non-hydrogen) atoms. The zero-order valence-corrected chi connectivity index (χ0v) is 4.48. The van der Waals surface area contributed by atoms with Crippen LogP contribution < -0.4 is 0 Å². The molecule has 0 saturated heterocycles. The van der Waals surface area contributed by atoms with Crippen LogP contribution in [0.5, 0.6) is 0 Å². The van der Waals surface area contributed by atoms with Gasteiger partial charge in [-0.05, 0) is 6.58 Å². The van der Waals surface area contributed by atoms with Crippen LogP contribution in [0.25, 0.3) is 0 Å². The molecule has 50 valence electrons. The minimum absolute atomic E-state index is 0. The molecule has 0 aromatic carbocycles. The van der Waals surface area contributed by atoms with Crippen LogP contribution in [0.2, 0.25) is 0 Å². The Labute approximate surface area is 44.9 Å². The normalized spacial score (nSPS) is 9.75. The summed E-state index contributed by atoms with van der Waals surface area (Å²) in [6, 6.07) is 0. The van der Waals surface area contributed by atoms with Gasteiger partial charge in [0.05, 0.1) is 0 Å². The van der Waals surface area contributed by atoms with Crippen LogP contribution in [0.4, 0.5) is 9.09 Å². The predicted octanol–water partition coefficient (Wildman–Crippen LogP) is 0.467. The summed E-state index contributed by atoms with van der Waals surface area (Å²) in [6.45, 7) is 2.32. The van der Waals surface area contributed by atoms with Crippen LogP contribution in [0.1, 0.15) is 0 Å². The lowest BCUT2D eigenvalue weighted by Gasteiger charge is -1.81. The zero-order chi connectivity index (χ0) is 6.08. The summed E-state index contributed by atoms with van der Waals surface area (Å²) in [5.74, 6) is 0. The van der Waals surface area contributed by atoms with E-state index in [9.17, 15) is 12.8 Å². The monoisotopic (exact) mass is 146 g/mol. The first-order chi connectivity index (χ1) is 2.94. The molecule has 0 spiro atoms. The molecule has 0 amide bonds. The van der Waals surface area contributed by atoms with Crippen LogP contribution in [0, 0.1) is 0 Å². The smallest absolute Gasteiger partial charge is 0.280 e. The van der Waals surface area contributed by atoms with Crippen molar-refractivity contribution in [2.24, 2.45) is 0 Å². The Balaban J connectivity index is 0. The fraction of sp³-hybridized carbons (Fsp3) is 0. The third kappa shape index (κ3) is 3.69. The van der Waals surface area contributed by atoms with E-state index in [-0.39, 0.29) is 4.70 Å². The standard InChI is InChI=1S/C2H3FO3S.FH/c1-2(3)7(4,5)6;/h1H2,(H,4,5,6);1H. The van der Waals surface area contributed by atoms with E-state index in [2.05, 4.69) is 6.58 Å². The van der Waals surface area contributed by atoms with Gasteiger partial charge in [-0.1, -0.05) is 0 Å². The Kier molecular flexibility index (Phi) is 3.58. The van der Waals surface area contributed by atoms with Gasteiger partial charge in [-0.3, -0.25) is 9.26 Å². The van der Waals surface area contributed by atoms with Gasteiger partial charge in [-0.15, -0.1) is 0 Å². The Morgan fingerprint density at radius 1 is 1.62 bits per heavy atom. The second-order valence-corrected chi connectivity index (χ2v) is 2.22. The number of halogens is 2. The third-order valence-electron chi connectivity index (χ3n) is 0.280. The van der Waals surface area contributed by atoms with E-state index in [1.54, 1.807) is 0 Å². The Morgan fingerprint density at radius 2 is 1.75 bits per heavy atom. The van der Waals surface area contributed by atoms with Crippen molar-refractivity contribution in [3.63, 3.8) is 0 Å². The van der Waals surface area contributed by atoms with E-state index >= 15 is 0 Å². The summed E-state index contributed by atoms with van der Waals surface area (Å²) in [5.41, 5.74) is 0. The van der Waals surface area contributed by atoms with E-state index in [0.717, 1.165) is 0 Å². The summed E-state index contributed by atoms with van der Waals surface area (Å²) in [4.78, 5) is 0. The van der Waals surface area contributed by atoms with Gasteiger partial charge in [0.2, 0.25) is 5.16 Å².